The highest BCUT2D eigenvalue weighted by molar-refractivity contribution is 5.65. The first-order valence-electron chi connectivity index (χ1n) is 5.75. The van der Waals surface area contributed by atoms with Gasteiger partial charge in [0.05, 0.1) is 11.9 Å². The van der Waals surface area contributed by atoms with Crippen LogP contribution in [0.4, 0.5) is 10.5 Å². The molecule has 0 aromatic carbocycles. The van der Waals surface area contributed by atoms with Gasteiger partial charge in [0.25, 0.3) is 0 Å². The predicted molar refractivity (Wildman–Crippen MR) is 65.2 cm³/mol. The molecule has 1 aliphatic rings. The van der Waals surface area contributed by atoms with Crippen molar-refractivity contribution in [3.05, 3.63) is 24.5 Å². The van der Waals surface area contributed by atoms with Crippen LogP contribution in [0.5, 0.6) is 0 Å². The Morgan fingerprint density at radius 1 is 1.53 bits per heavy atom. The second kappa shape index (κ2) is 4.61. The summed E-state index contributed by atoms with van der Waals surface area (Å²) in [7, 11) is 0. The molecule has 1 aromatic heterocycles. The summed E-state index contributed by atoms with van der Waals surface area (Å²) >= 11 is 0. The average molecular weight is 235 g/mol. The van der Waals surface area contributed by atoms with Crippen molar-refractivity contribution < 1.29 is 9.90 Å². The second-order valence-electron chi connectivity index (χ2n) is 4.69. The zero-order valence-electron chi connectivity index (χ0n) is 9.89. The molecule has 5 nitrogen and oxygen atoms in total. The summed E-state index contributed by atoms with van der Waals surface area (Å²) in [5.41, 5.74) is 0.801. The van der Waals surface area contributed by atoms with Crippen LogP contribution in [-0.2, 0) is 0 Å². The van der Waals surface area contributed by atoms with Crippen LogP contribution in [0.25, 0.3) is 0 Å². The molecule has 2 N–H and O–H groups in total. The van der Waals surface area contributed by atoms with Crippen molar-refractivity contribution in [1.82, 2.24) is 10.3 Å². The Kier molecular flexibility index (Phi) is 3.17. The minimum atomic E-state index is -0.942. The van der Waals surface area contributed by atoms with Crippen molar-refractivity contribution in [3.8, 4) is 0 Å². The Hall–Kier alpha value is -1.78. The highest BCUT2D eigenvalue weighted by Gasteiger charge is 2.31. The third kappa shape index (κ3) is 2.87. The first kappa shape index (κ1) is 11.7. The van der Waals surface area contributed by atoms with E-state index in [4.69, 9.17) is 5.11 Å². The molecule has 5 heteroatoms. The minimum absolute atomic E-state index is 0.301. The van der Waals surface area contributed by atoms with Gasteiger partial charge in [0.15, 0.2) is 0 Å². The number of nitrogens with one attached hydrogen (secondary N) is 1. The molecule has 1 fully saturated rings. The molecule has 1 aliphatic heterocycles. The maximum atomic E-state index is 10.7. The van der Waals surface area contributed by atoms with Crippen LogP contribution < -0.4 is 10.2 Å². The van der Waals surface area contributed by atoms with Crippen molar-refractivity contribution in [2.24, 2.45) is 0 Å². The Labute approximate surface area is 100 Å². The largest absolute Gasteiger partial charge is 0.465 e. The molecule has 0 bridgehead atoms. The number of carboxylic acid groups (broad SMARTS) is 1. The third-order valence-corrected chi connectivity index (χ3v) is 3.29. The molecule has 1 amide bonds. The topological polar surface area (TPSA) is 65.5 Å². The van der Waals surface area contributed by atoms with Gasteiger partial charge in [0.2, 0.25) is 0 Å². The number of hydrogen-bond donors (Lipinski definition) is 2. The number of pyridine rings is 1. The summed E-state index contributed by atoms with van der Waals surface area (Å²) in [5, 5.41) is 11.4. The van der Waals surface area contributed by atoms with Gasteiger partial charge in [-0.05, 0) is 31.9 Å². The van der Waals surface area contributed by atoms with E-state index in [1.165, 1.54) is 0 Å². The smallest absolute Gasteiger partial charge is 0.405 e. The number of amides is 1. The lowest BCUT2D eigenvalue weighted by molar-refractivity contribution is 0.173. The fraction of sp³-hybridized carbons (Fsp3) is 0.500. The number of rotatable bonds is 2. The highest BCUT2D eigenvalue weighted by Crippen LogP contribution is 2.25. The number of anilines is 1. The van der Waals surface area contributed by atoms with Crippen molar-refractivity contribution >= 4 is 11.8 Å². The van der Waals surface area contributed by atoms with Crippen LogP contribution in [0, 0.1) is 0 Å². The first-order valence-corrected chi connectivity index (χ1v) is 5.75. The second-order valence-corrected chi connectivity index (χ2v) is 4.69. The molecule has 92 valence electrons. The lowest BCUT2D eigenvalue weighted by Crippen LogP contribution is -2.53. The molecule has 2 rings (SSSR count). The molecule has 0 radical (unpaired) electrons. The molecular weight excluding hydrogens is 218 g/mol. The molecule has 0 spiro atoms. The average Bonchev–Trinajstić information content (AvgIpc) is 2.29. The predicted octanol–water partition coefficient (Wildman–Crippen LogP) is 1.71. The molecule has 0 saturated carbocycles. The monoisotopic (exact) mass is 235 g/mol. The van der Waals surface area contributed by atoms with Crippen molar-refractivity contribution in [2.75, 3.05) is 18.0 Å². The SMILES string of the molecule is CC1(NC(=O)O)CCN(c2cccnc2)CC1. The van der Waals surface area contributed by atoms with Gasteiger partial charge in [-0.15, -0.1) is 0 Å². The minimum Gasteiger partial charge on any atom is -0.465 e. The van der Waals surface area contributed by atoms with Gasteiger partial charge < -0.3 is 15.3 Å². The fourth-order valence-electron chi connectivity index (χ4n) is 2.18. The van der Waals surface area contributed by atoms with Gasteiger partial charge >= 0.3 is 6.09 Å². The number of hydrogen-bond acceptors (Lipinski definition) is 3. The van der Waals surface area contributed by atoms with Crippen molar-refractivity contribution in [2.45, 2.75) is 25.3 Å². The lowest BCUT2D eigenvalue weighted by atomic mass is 9.89. The van der Waals surface area contributed by atoms with Crippen LogP contribution in [0.2, 0.25) is 0 Å². The summed E-state index contributed by atoms with van der Waals surface area (Å²) in [5.74, 6) is 0. The molecule has 17 heavy (non-hydrogen) atoms. The number of piperidine rings is 1. The van der Waals surface area contributed by atoms with Crippen LogP contribution in [-0.4, -0.2) is 34.8 Å². The Balaban J connectivity index is 1.96. The van der Waals surface area contributed by atoms with Crippen molar-refractivity contribution in [1.29, 1.82) is 0 Å². The van der Waals surface area contributed by atoms with Crippen LogP contribution >= 0.6 is 0 Å². The van der Waals surface area contributed by atoms with Gasteiger partial charge in [-0.2, -0.15) is 0 Å². The van der Waals surface area contributed by atoms with E-state index in [0.717, 1.165) is 31.6 Å². The maximum Gasteiger partial charge on any atom is 0.405 e. The Morgan fingerprint density at radius 2 is 2.24 bits per heavy atom. The van der Waals surface area contributed by atoms with Gasteiger partial charge in [0.1, 0.15) is 0 Å². The zero-order valence-corrected chi connectivity index (χ0v) is 9.89. The molecule has 0 aliphatic carbocycles. The van der Waals surface area contributed by atoms with Gasteiger partial charge in [-0.25, -0.2) is 4.79 Å². The number of nitrogens with zero attached hydrogens (tertiary/aromatic N) is 2. The van der Waals surface area contributed by atoms with Gasteiger partial charge in [0, 0.05) is 24.8 Å². The van der Waals surface area contributed by atoms with E-state index in [2.05, 4.69) is 15.2 Å². The number of aromatic nitrogens is 1. The van der Waals surface area contributed by atoms with Crippen LogP contribution in [0.15, 0.2) is 24.5 Å². The van der Waals surface area contributed by atoms with E-state index in [9.17, 15) is 4.79 Å². The zero-order chi connectivity index (χ0) is 12.3. The van der Waals surface area contributed by atoms with E-state index < -0.39 is 6.09 Å². The van der Waals surface area contributed by atoms with E-state index in [-0.39, 0.29) is 5.54 Å². The Bertz CT molecular complexity index is 386. The number of carbonyl (C=O) groups is 1. The van der Waals surface area contributed by atoms with E-state index in [1.807, 2.05) is 25.3 Å². The molecule has 0 atom stereocenters. The van der Waals surface area contributed by atoms with E-state index in [1.54, 1.807) is 6.20 Å². The summed E-state index contributed by atoms with van der Waals surface area (Å²) in [4.78, 5) is 17.0. The maximum absolute atomic E-state index is 10.7. The summed E-state index contributed by atoms with van der Waals surface area (Å²) < 4.78 is 0. The third-order valence-electron chi connectivity index (χ3n) is 3.29. The quantitative estimate of drug-likeness (QED) is 0.819. The molecule has 1 aromatic rings. The van der Waals surface area contributed by atoms with Crippen LogP contribution in [0.3, 0.4) is 0 Å². The first-order chi connectivity index (χ1) is 8.09. The van der Waals surface area contributed by atoms with Gasteiger partial charge in [-0.3, -0.25) is 4.98 Å². The molecule has 2 heterocycles. The Morgan fingerprint density at radius 3 is 2.76 bits per heavy atom. The molecule has 1 saturated heterocycles. The standard InChI is InChI=1S/C12H17N3O2/c1-12(14-11(16)17)4-7-15(8-5-12)10-3-2-6-13-9-10/h2-3,6,9,14H,4-5,7-8H2,1H3,(H,16,17). The highest BCUT2D eigenvalue weighted by atomic mass is 16.4. The molecule has 0 unspecified atom stereocenters. The summed E-state index contributed by atoms with van der Waals surface area (Å²) in [6.45, 7) is 3.66. The van der Waals surface area contributed by atoms with E-state index in [0.29, 0.717) is 0 Å². The van der Waals surface area contributed by atoms with E-state index >= 15 is 0 Å². The normalized spacial score (nSPS) is 18.8. The van der Waals surface area contributed by atoms with Crippen LogP contribution in [0.1, 0.15) is 19.8 Å². The van der Waals surface area contributed by atoms with Crippen molar-refractivity contribution in [3.63, 3.8) is 0 Å². The fourth-order valence-corrected chi connectivity index (χ4v) is 2.18. The summed E-state index contributed by atoms with van der Waals surface area (Å²) in [6, 6.07) is 3.94. The molecular formula is C12H17N3O2. The lowest BCUT2D eigenvalue weighted by Gasteiger charge is -2.40. The summed E-state index contributed by atoms with van der Waals surface area (Å²) in [6.07, 6.45) is 4.28. The van der Waals surface area contributed by atoms with Gasteiger partial charge in [-0.1, -0.05) is 0 Å².